The first-order chi connectivity index (χ1) is 6.99. The molecule has 0 bridgehead atoms. The Bertz CT molecular complexity index is 368. The van der Waals surface area contributed by atoms with Crippen LogP contribution in [0.3, 0.4) is 0 Å². The SMILES string of the molecule is Cc1cc(C(=O)O)cc(OCC(F)F)n1. The van der Waals surface area contributed by atoms with Gasteiger partial charge in [0, 0.05) is 11.8 Å². The van der Waals surface area contributed by atoms with Crippen molar-refractivity contribution in [2.75, 3.05) is 6.61 Å². The van der Waals surface area contributed by atoms with E-state index in [0.29, 0.717) is 5.69 Å². The molecule has 0 aromatic carbocycles. The molecule has 1 aromatic heterocycles. The van der Waals surface area contributed by atoms with Crippen LogP contribution < -0.4 is 4.74 Å². The molecule has 0 radical (unpaired) electrons. The molecule has 15 heavy (non-hydrogen) atoms. The van der Waals surface area contributed by atoms with Crippen molar-refractivity contribution < 1.29 is 23.4 Å². The lowest BCUT2D eigenvalue weighted by molar-refractivity contribution is 0.0693. The zero-order valence-electron chi connectivity index (χ0n) is 7.91. The number of carboxylic acids is 1. The molecule has 0 saturated carbocycles. The Morgan fingerprint density at radius 3 is 2.80 bits per heavy atom. The highest BCUT2D eigenvalue weighted by Gasteiger charge is 2.09. The lowest BCUT2D eigenvalue weighted by atomic mass is 10.2. The molecular weight excluding hydrogens is 208 g/mol. The minimum atomic E-state index is -2.61. The number of alkyl halides is 2. The van der Waals surface area contributed by atoms with Crippen LogP contribution in [0.5, 0.6) is 5.88 Å². The molecule has 4 nitrogen and oxygen atoms in total. The number of pyridine rings is 1. The van der Waals surface area contributed by atoms with Gasteiger partial charge in [-0.3, -0.25) is 0 Å². The van der Waals surface area contributed by atoms with Gasteiger partial charge in [-0.1, -0.05) is 0 Å². The third kappa shape index (κ3) is 3.49. The fourth-order valence-electron chi connectivity index (χ4n) is 0.984. The molecule has 1 N–H and O–H groups in total. The minimum Gasteiger partial charge on any atom is -0.478 e. The third-order valence-corrected chi connectivity index (χ3v) is 1.53. The predicted molar refractivity (Wildman–Crippen MR) is 47.4 cm³/mol. The summed E-state index contributed by atoms with van der Waals surface area (Å²) in [6.07, 6.45) is -2.61. The number of carboxylic acid groups (broad SMARTS) is 1. The van der Waals surface area contributed by atoms with E-state index in [9.17, 15) is 13.6 Å². The van der Waals surface area contributed by atoms with Gasteiger partial charge in [-0.2, -0.15) is 0 Å². The molecule has 1 rings (SSSR count). The van der Waals surface area contributed by atoms with Crippen LogP contribution in [0.25, 0.3) is 0 Å². The lowest BCUT2D eigenvalue weighted by Crippen LogP contribution is -2.09. The van der Waals surface area contributed by atoms with Crippen molar-refractivity contribution in [3.05, 3.63) is 23.4 Å². The van der Waals surface area contributed by atoms with Crippen molar-refractivity contribution in [3.63, 3.8) is 0 Å². The number of nitrogens with zero attached hydrogens (tertiary/aromatic N) is 1. The van der Waals surface area contributed by atoms with Gasteiger partial charge in [-0.15, -0.1) is 0 Å². The fraction of sp³-hybridized carbons (Fsp3) is 0.333. The number of carbonyl (C=O) groups is 1. The molecular formula is C9H9F2NO3. The summed E-state index contributed by atoms with van der Waals surface area (Å²) in [6, 6.07) is 2.44. The number of hydrogen-bond donors (Lipinski definition) is 1. The quantitative estimate of drug-likeness (QED) is 0.834. The van der Waals surface area contributed by atoms with Gasteiger partial charge in [0.25, 0.3) is 6.43 Å². The Balaban J connectivity index is 2.84. The number of hydrogen-bond acceptors (Lipinski definition) is 3. The maximum atomic E-state index is 11.8. The molecule has 1 heterocycles. The smallest absolute Gasteiger partial charge is 0.335 e. The van der Waals surface area contributed by atoms with Crippen LogP contribution in [0.15, 0.2) is 12.1 Å². The number of halogens is 2. The summed E-state index contributed by atoms with van der Waals surface area (Å²) in [4.78, 5) is 14.4. The van der Waals surface area contributed by atoms with Crippen LogP contribution >= 0.6 is 0 Å². The topological polar surface area (TPSA) is 59.4 Å². The minimum absolute atomic E-state index is 0.0354. The number of aromatic carboxylic acids is 1. The van der Waals surface area contributed by atoms with Gasteiger partial charge in [-0.05, 0) is 13.0 Å². The summed E-state index contributed by atoms with van der Waals surface area (Å²) in [6.45, 7) is 0.761. The van der Waals surface area contributed by atoms with Crippen molar-refractivity contribution in [1.82, 2.24) is 4.98 Å². The Hall–Kier alpha value is -1.72. The van der Waals surface area contributed by atoms with Gasteiger partial charge < -0.3 is 9.84 Å². The van der Waals surface area contributed by atoms with E-state index < -0.39 is 19.0 Å². The van der Waals surface area contributed by atoms with E-state index in [-0.39, 0.29) is 11.4 Å². The lowest BCUT2D eigenvalue weighted by Gasteiger charge is -2.06. The van der Waals surface area contributed by atoms with Crippen molar-refractivity contribution >= 4 is 5.97 Å². The highest BCUT2D eigenvalue weighted by molar-refractivity contribution is 5.87. The maximum absolute atomic E-state index is 11.8. The number of ether oxygens (including phenoxy) is 1. The predicted octanol–water partition coefficient (Wildman–Crippen LogP) is 1.73. The molecule has 6 heteroatoms. The molecule has 1 aromatic rings. The Labute approximate surface area is 84.5 Å². The van der Waals surface area contributed by atoms with Gasteiger partial charge in [0.2, 0.25) is 5.88 Å². The zero-order valence-corrected chi connectivity index (χ0v) is 7.91. The average molecular weight is 217 g/mol. The molecule has 0 amide bonds. The van der Waals surface area contributed by atoms with Gasteiger partial charge in [0.15, 0.2) is 6.61 Å². The Morgan fingerprint density at radius 2 is 2.27 bits per heavy atom. The van der Waals surface area contributed by atoms with Crippen molar-refractivity contribution in [2.24, 2.45) is 0 Å². The van der Waals surface area contributed by atoms with Crippen molar-refractivity contribution in [2.45, 2.75) is 13.3 Å². The van der Waals surface area contributed by atoms with Gasteiger partial charge in [-0.25, -0.2) is 18.6 Å². The number of aryl methyl sites for hydroxylation is 1. The van der Waals surface area contributed by atoms with E-state index in [4.69, 9.17) is 5.11 Å². The van der Waals surface area contributed by atoms with Crippen LogP contribution in [0.4, 0.5) is 8.78 Å². The van der Waals surface area contributed by atoms with Crippen LogP contribution in [0.2, 0.25) is 0 Å². The summed E-state index contributed by atoms with van der Waals surface area (Å²) in [5.41, 5.74) is 0.367. The summed E-state index contributed by atoms with van der Waals surface area (Å²) in [7, 11) is 0. The fourth-order valence-corrected chi connectivity index (χ4v) is 0.984. The highest BCUT2D eigenvalue weighted by Crippen LogP contribution is 2.13. The van der Waals surface area contributed by atoms with E-state index in [2.05, 4.69) is 9.72 Å². The normalized spacial score (nSPS) is 10.4. The van der Waals surface area contributed by atoms with Crippen LogP contribution in [-0.2, 0) is 0 Å². The second-order valence-corrected chi connectivity index (χ2v) is 2.84. The maximum Gasteiger partial charge on any atom is 0.335 e. The van der Waals surface area contributed by atoms with E-state index >= 15 is 0 Å². The molecule has 0 spiro atoms. The van der Waals surface area contributed by atoms with E-state index in [0.717, 1.165) is 6.07 Å². The zero-order chi connectivity index (χ0) is 11.4. The monoisotopic (exact) mass is 217 g/mol. The first-order valence-corrected chi connectivity index (χ1v) is 4.12. The van der Waals surface area contributed by atoms with Gasteiger partial charge in [0.05, 0.1) is 5.56 Å². The van der Waals surface area contributed by atoms with Crippen LogP contribution in [0, 0.1) is 6.92 Å². The highest BCUT2D eigenvalue weighted by atomic mass is 19.3. The Kier molecular flexibility index (Phi) is 3.54. The summed E-state index contributed by atoms with van der Waals surface area (Å²) in [5, 5.41) is 8.68. The molecule has 0 aliphatic rings. The largest absolute Gasteiger partial charge is 0.478 e. The van der Waals surface area contributed by atoms with Crippen molar-refractivity contribution in [3.8, 4) is 5.88 Å². The van der Waals surface area contributed by atoms with Crippen molar-refractivity contribution in [1.29, 1.82) is 0 Å². The summed E-state index contributed by atoms with van der Waals surface area (Å²) >= 11 is 0. The molecule has 0 fully saturated rings. The van der Waals surface area contributed by atoms with Crippen LogP contribution in [-0.4, -0.2) is 29.1 Å². The molecule has 0 aliphatic carbocycles. The van der Waals surface area contributed by atoms with E-state index in [1.54, 1.807) is 6.92 Å². The molecule has 0 saturated heterocycles. The van der Waals surface area contributed by atoms with Crippen LogP contribution in [0.1, 0.15) is 16.1 Å². The Morgan fingerprint density at radius 1 is 1.60 bits per heavy atom. The second kappa shape index (κ2) is 4.68. The molecule has 0 unspecified atom stereocenters. The number of rotatable bonds is 4. The van der Waals surface area contributed by atoms with E-state index in [1.807, 2.05) is 0 Å². The molecule has 82 valence electrons. The van der Waals surface area contributed by atoms with Gasteiger partial charge in [0.1, 0.15) is 0 Å². The number of aromatic nitrogens is 1. The average Bonchev–Trinajstić information content (AvgIpc) is 2.13. The molecule has 0 atom stereocenters. The second-order valence-electron chi connectivity index (χ2n) is 2.84. The first-order valence-electron chi connectivity index (χ1n) is 4.12. The third-order valence-electron chi connectivity index (χ3n) is 1.53. The summed E-state index contributed by atoms with van der Waals surface area (Å²) in [5.74, 6) is -1.25. The first kappa shape index (κ1) is 11.4. The standard InChI is InChI=1S/C9H9F2NO3/c1-5-2-6(9(13)14)3-8(12-5)15-4-7(10)11/h2-3,7H,4H2,1H3,(H,13,14). The molecule has 0 aliphatic heterocycles. The van der Waals surface area contributed by atoms with Gasteiger partial charge >= 0.3 is 5.97 Å². The summed E-state index contributed by atoms with van der Waals surface area (Å²) < 4.78 is 28.2. The van der Waals surface area contributed by atoms with E-state index in [1.165, 1.54) is 6.07 Å².